The maximum atomic E-state index is 12.1. The summed E-state index contributed by atoms with van der Waals surface area (Å²) in [5, 5.41) is 25.6. The van der Waals surface area contributed by atoms with E-state index in [1.54, 1.807) is 13.0 Å². The summed E-state index contributed by atoms with van der Waals surface area (Å²) in [5.41, 5.74) is 1.78. The van der Waals surface area contributed by atoms with Crippen molar-refractivity contribution in [3.05, 3.63) is 69.8 Å². The average Bonchev–Trinajstić information content (AvgIpc) is 2.61. The fraction of sp³-hybridized carbons (Fsp3) is 0.278. The first-order chi connectivity index (χ1) is 12.0. The molecule has 0 spiro atoms. The van der Waals surface area contributed by atoms with Gasteiger partial charge in [-0.3, -0.25) is 10.1 Å². The summed E-state index contributed by atoms with van der Waals surface area (Å²) in [7, 11) is 0. The van der Waals surface area contributed by atoms with Crippen LogP contribution in [0.1, 0.15) is 23.5 Å². The molecule has 25 heavy (non-hydrogen) atoms. The number of nitro groups is 1. The molecule has 2 aromatic carbocycles. The predicted molar refractivity (Wildman–Crippen MR) is 95.7 cm³/mol. The Morgan fingerprint density at radius 1 is 1.20 bits per heavy atom. The van der Waals surface area contributed by atoms with Crippen molar-refractivity contribution in [1.82, 2.24) is 5.32 Å². The minimum absolute atomic E-state index is 0.0110. The van der Waals surface area contributed by atoms with Crippen molar-refractivity contribution in [2.75, 3.05) is 18.5 Å². The van der Waals surface area contributed by atoms with Gasteiger partial charge >= 0.3 is 6.03 Å². The Morgan fingerprint density at radius 3 is 2.56 bits per heavy atom. The second-order valence-corrected chi connectivity index (χ2v) is 5.66. The van der Waals surface area contributed by atoms with Gasteiger partial charge in [0, 0.05) is 25.1 Å². The third kappa shape index (κ3) is 5.02. The number of rotatable bonds is 7. The lowest BCUT2D eigenvalue weighted by Crippen LogP contribution is -2.33. The fourth-order valence-corrected chi connectivity index (χ4v) is 2.61. The molecule has 0 aliphatic rings. The number of nitro benzene ring substituents is 1. The second-order valence-electron chi connectivity index (χ2n) is 5.66. The lowest BCUT2D eigenvalue weighted by atomic mass is 9.96. The van der Waals surface area contributed by atoms with Crippen molar-refractivity contribution in [3.8, 4) is 0 Å². The molecule has 0 saturated heterocycles. The molecule has 3 N–H and O–H groups in total. The number of carbonyl (C=O) groups is 1. The summed E-state index contributed by atoms with van der Waals surface area (Å²) in [5.74, 6) is -0.0110. The molecule has 1 unspecified atom stereocenters. The molecular weight excluding hydrogens is 322 g/mol. The van der Waals surface area contributed by atoms with E-state index in [4.69, 9.17) is 0 Å². The van der Waals surface area contributed by atoms with E-state index >= 15 is 0 Å². The lowest BCUT2D eigenvalue weighted by Gasteiger charge is -2.17. The molecule has 0 saturated carbocycles. The van der Waals surface area contributed by atoms with Crippen LogP contribution in [0.2, 0.25) is 0 Å². The number of hydrogen-bond acceptors (Lipinski definition) is 4. The number of amides is 2. The Bertz CT molecular complexity index is 734. The third-order valence-electron chi connectivity index (χ3n) is 4.01. The first-order valence-electron chi connectivity index (χ1n) is 7.97. The number of nitrogens with zero attached hydrogens (tertiary/aromatic N) is 1. The molecule has 0 bridgehead atoms. The molecule has 2 amide bonds. The highest BCUT2D eigenvalue weighted by Crippen LogP contribution is 2.25. The summed E-state index contributed by atoms with van der Waals surface area (Å²) >= 11 is 0. The first-order valence-corrected chi connectivity index (χ1v) is 7.97. The normalized spacial score (nSPS) is 11.6. The van der Waals surface area contributed by atoms with Crippen molar-refractivity contribution < 1.29 is 14.8 Å². The zero-order valence-corrected chi connectivity index (χ0v) is 13.9. The van der Waals surface area contributed by atoms with Crippen molar-refractivity contribution in [2.45, 2.75) is 19.3 Å². The van der Waals surface area contributed by atoms with Gasteiger partial charge in [-0.15, -0.1) is 0 Å². The molecule has 0 radical (unpaired) electrons. The highest BCUT2D eigenvalue weighted by molar-refractivity contribution is 5.90. The molecule has 1 atom stereocenters. The molecule has 7 heteroatoms. The standard InChI is InChI=1S/C18H21N3O4/c1-13-16(8-5-9-17(13)21(24)25)20-18(23)19-12-15(10-11-22)14-6-3-2-4-7-14/h2-9,15,22H,10-12H2,1H3,(H2,19,20,23). The summed E-state index contributed by atoms with van der Waals surface area (Å²) in [6, 6.07) is 13.7. The van der Waals surface area contributed by atoms with E-state index in [-0.39, 0.29) is 18.2 Å². The van der Waals surface area contributed by atoms with Crippen LogP contribution in [0, 0.1) is 17.0 Å². The minimum atomic E-state index is -0.481. The van der Waals surface area contributed by atoms with Crippen LogP contribution in [0.4, 0.5) is 16.2 Å². The van der Waals surface area contributed by atoms with Crippen LogP contribution in [0.15, 0.2) is 48.5 Å². The summed E-state index contributed by atoms with van der Waals surface area (Å²) in [6.45, 7) is 1.96. The Balaban J connectivity index is 2.00. The number of anilines is 1. The van der Waals surface area contributed by atoms with Crippen LogP contribution >= 0.6 is 0 Å². The van der Waals surface area contributed by atoms with Crippen molar-refractivity contribution in [3.63, 3.8) is 0 Å². The van der Waals surface area contributed by atoms with Crippen LogP contribution in [0.3, 0.4) is 0 Å². The molecule has 2 rings (SSSR count). The van der Waals surface area contributed by atoms with Gasteiger partial charge in [0.25, 0.3) is 5.69 Å². The van der Waals surface area contributed by atoms with Gasteiger partial charge < -0.3 is 15.7 Å². The Morgan fingerprint density at radius 2 is 1.92 bits per heavy atom. The maximum Gasteiger partial charge on any atom is 0.319 e. The maximum absolute atomic E-state index is 12.1. The molecule has 0 heterocycles. The zero-order valence-electron chi connectivity index (χ0n) is 13.9. The number of urea groups is 1. The van der Waals surface area contributed by atoms with Gasteiger partial charge in [0.15, 0.2) is 0 Å². The highest BCUT2D eigenvalue weighted by Gasteiger charge is 2.16. The van der Waals surface area contributed by atoms with Crippen LogP contribution < -0.4 is 10.6 Å². The van der Waals surface area contributed by atoms with Gasteiger partial charge in [-0.25, -0.2) is 4.79 Å². The summed E-state index contributed by atoms with van der Waals surface area (Å²) in [4.78, 5) is 22.6. The Kier molecular flexibility index (Phi) is 6.47. The van der Waals surface area contributed by atoms with E-state index in [1.807, 2.05) is 30.3 Å². The van der Waals surface area contributed by atoms with Gasteiger partial charge in [0.1, 0.15) is 0 Å². The van der Waals surface area contributed by atoms with E-state index < -0.39 is 11.0 Å². The number of benzene rings is 2. The Hall–Kier alpha value is -2.93. The number of aliphatic hydroxyl groups excluding tert-OH is 1. The SMILES string of the molecule is Cc1c(NC(=O)NCC(CCO)c2ccccc2)cccc1[N+](=O)[O-]. The molecule has 0 aromatic heterocycles. The monoisotopic (exact) mass is 343 g/mol. The minimum Gasteiger partial charge on any atom is -0.396 e. The van der Waals surface area contributed by atoms with Crippen molar-refractivity contribution in [2.24, 2.45) is 0 Å². The van der Waals surface area contributed by atoms with Crippen molar-refractivity contribution >= 4 is 17.4 Å². The largest absolute Gasteiger partial charge is 0.396 e. The number of hydrogen-bond donors (Lipinski definition) is 3. The molecular formula is C18H21N3O4. The van der Waals surface area contributed by atoms with Crippen LogP contribution in [-0.2, 0) is 0 Å². The zero-order chi connectivity index (χ0) is 18.2. The number of aliphatic hydroxyl groups is 1. The van der Waals surface area contributed by atoms with E-state index in [1.165, 1.54) is 12.1 Å². The molecule has 7 nitrogen and oxygen atoms in total. The van der Waals surface area contributed by atoms with E-state index in [9.17, 15) is 20.0 Å². The average molecular weight is 343 g/mol. The van der Waals surface area contributed by atoms with Crippen LogP contribution in [0.25, 0.3) is 0 Å². The number of carbonyl (C=O) groups excluding carboxylic acids is 1. The topological polar surface area (TPSA) is 104 Å². The fourth-order valence-electron chi connectivity index (χ4n) is 2.61. The summed E-state index contributed by atoms with van der Waals surface area (Å²) in [6.07, 6.45) is 0.528. The molecule has 2 aromatic rings. The van der Waals surface area contributed by atoms with E-state index in [0.29, 0.717) is 24.2 Å². The van der Waals surface area contributed by atoms with E-state index in [0.717, 1.165) is 5.56 Å². The third-order valence-corrected chi connectivity index (χ3v) is 4.01. The van der Waals surface area contributed by atoms with Gasteiger partial charge in [-0.05, 0) is 25.0 Å². The smallest absolute Gasteiger partial charge is 0.319 e. The van der Waals surface area contributed by atoms with Gasteiger partial charge in [0.2, 0.25) is 0 Å². The lowest BCUT2D eigenvalue weighted by molar-refractivity contribution is -0.385. The first kappa shape index (κ1) is 18.4. The molecule has 0 aliphatic heterocycles. The Labute approximate surface area is 145 Å². The van der Waals surface area contributed by atoms with Gasteiger partial charge in [-0.1, -0.05) is 36.4 Å². The van der Waals surface area contributed by atoms with Crippen LogP contribution in [-0.4, -0.2) is 29.2 Å². The van der Waals surface area contributed by atoms with Gasteiger partial charge in [-0.2, -0.15) is 0 Å². The van der Waals surface area contributed by atoms with E-state index in [2.05, 4.69) is 10.6 Å². The number of nitrogens with one attached hydrogen (secondary N) is 2. The molecule has 0 fully saturated rings. The summed E-state index contributed by atoms with van der Waals surface area (Å²) < 4.78 is 0. The quantitative estimate of drug-likeness (QED) is 0.530. The molecule has 0 aliphatic carbocycles. The predicted octanol–water partition coefficient (Wildman–Crippen LogP) is 3.19. The van der Waals surface area contributed by atoms with Crippen molar-refractivity contribution in [1.29, 1.82) is 0 Å². The van der Waals surface area contributed by atoms with Gasteiger partial charge in [0.05, 0.1) is 16.2 Å². The second kappa shape index (κ2) is 8.79. The molecule has 132 valence electrons. The van der Waals surface area contributed by atoms with Crippen LogP contribution in [0.5, 0.6) is 0 Å². The highest BCUT2D eigenvalue weighted by atomic mass is 16.6.